The van der Waals surface area contributed by atoms with Gasteiger partial charge in [0.15, 0.2) is 5.65 Å². The second-order valence-corrected chi connectivity index (χ2v) is 8.55. The fourth-order valence-corrected chi connectivity index (χ4v) is 4.50. The van der Waals surface area contributed by atoms with Gasteiger partial charge in [0.1, 0.15) is 0 Å². The van der Waals surface area contributed by atoms with Gasteiger partial charge in [0, 0.05) is 28.1 Å². The van der Waals surface area contributed by atoms with E-state index in [2.05, 4.69) is 10.6 Å². The molecule has 162 valence electrons. The predicted octanol–water partition coefficient (Wildman–Crippen LogP) is 4.92. The highest BCUT2D eigenvalue weighted by molar-refractivity contribution is 6.33. The van der Waals surface area contributed by atoms with Gasteiger partial charge in [0.05, 0.1) is 16.4 Å². The Morgan fingerprint density at radius 1 is 0.906 bits per heavy atom. The molecule has 0 aliphatic carbocycles. The summed E-state index contributed by atoms with van der Waals surface area (Å²) in [5.74, 6) is 0.464. The first-order valence-electron chi connectivity index (χ1n) is 10.5. The minimum Gasteiger partial charge on any atom is -0.351 e. The van der Waals surface area contributed by atoms with E-state index >= 15 is 0 Å². The summed E-state index contributed by atoms with van der Waals surface area (Å²) in [6, 6.07) is 18.3. The van der Waals surface area contributed by atoms with E-state index in [-0.39, 0.29) is 11.6 Å². The second-order valence-electron chi connectivity index (χ2n) is 7.74. The molecule has 6 nitrogen and oxygen atoms in total. The number of piperidine rings is 1. The summed E-state index contributed by atoms with van der Waals surface area (Å²) >= 11 is 13.0. The maximum absolute atomic E-state index is 13.0. The molecule has 1 aliphatic heterocycles. The quantitative estimate of drug-likeness (QED) is 0.447. The van der Waals surface area contributed by atoms with Crippen LogP contribution in [0.5, 0.6) is 0 Å². The number of anilines is 1. The largest absolute Gasteiger partial charge is 0.351 e. The SMILES string of the molecule is O=c1ccc2c(-c3ccccc3Cl)nc(NC3CCNCC3)nc2n1-c1ccccc1Cl. The molecule has 0 saturated carbocycles. The van der Waals surface area contributed by atoms with Gasteiger partial charge in [-0.25, -0.2) is 4.98 Å². The third kappa shape index (κ3) is 3.97. The summed E-state index contributed by atoms with van der Waals surface area (Å²) in [4.78, 5) is 22.6. The Balaban J connectivity index is 1.78. The summed E-state index contributed by atoms with van der Waals surface area (Å²) in [5, 5.41) is 8.58. The van der Waals surface area contributed by atoms with E-state index in [4.69, 9.17) is 33.2 Å². The Hall–Kier alpha value is -2.93. The summed E-state index contributed by atoms with van der Waals surface area (Å²) in [7, 11) is 0. The van der Waals surface area contributed by atoms with E-state index in [0.717, 1.165) is 31.5 Å². The Morgan fingerprint density at radius 3 is 2.38 bits per heavy atom. The van der Waals surface area contributed by atoms with Crippen molar-refractivity contribution in [3.05, 3.63) is 81.1 Å². The van der Waals surface area contributed by atoms with Crippen molar-refractivity contribution in [3.63, 3.8) is 0 Å². The molecule has 0 radical (unpaired) electrons. The van der Waals surface area contributed by atoms with Crippen molar-refractivity contribution in [3.8, 4) is 16.9 Å². The van der Waals surface area contributed by atoms with Crippen molar-refractivity contribution in [2.75, 3.05) is 18.4 Å². The first-order chi connectivity index (χ1) is 15.6. The summed E-state index contributed by atoms with van der Waals surface area (Å²) in [5.41, 5.74) is 2.27. The third-order valence-electron chi connectivity index (χ3n) is 5.65. The number of fused-ring (bicyclic) bond motifs is 1. The van der Waals surface area contributed by atoms with E-state index in [1.54, 1.807) is 18.2 Å². The van der Waals surface area contributed by atoms with Gasteiger partial charge in [-0.3, -0.25) is 9.36 Å². The molecule has 0 bridgehead atoms. The van der Waals surface area contributed by atoms with Crippen LogP contribution in [0.1, 0.15) is 12.8 Å². The van der Waals surface area contributed by atoms with Gasteiger partial charge in [-0.15, -0.1) is 0 Å². The first kappa shape index (κ1) is 20.9. The highest BCUT2D eigenvalue weighted by atomic mass is 35.5. The molecule has 1 fully saturated rings. The van der Waals surface area contributed by atoms with E-state index in [9.17, 15) is 4.79 Å². The van der Waals surface area contributed by atoms with Crippen LogP contribution in [0.3, 0.4) is 0 Å². The Bertz CT molecular complexity index is 1350. The zero-order valence-electron chi connectivity index (χ0n) is 17.2. The molecule has 2 aromatic carbocycles. The molecule has 4 aromatic rings. The van der Waals surface area contributed by atoms with Crippen LogP contribution in [-0.2, 0) is 0 Å². The standard InChI is InChI=1S/C24H21Cl2N5O/c25-18-6-2-1-5-16(18)22-17-9-10-21(32)31(20-8-4-3-7-19(20)26)23(17)30-24(29-22)28-15-11-13-27-14-12-15/h1-10,15,27H,11-14H2,(H,28,29,30). The number of nitrogens with one attached hydrogen (secondary N) is 2. The van der Waals surface area contributed by atoms with Gasteiger partial charge in [-0.05, 0) is 50.2 Å². The molecule has 0 amide bonds. The van der Waals surface area contributed by atoms with Gasteiger partial charge in [-0.2, -0.15) is 4.98 Å². The Labute approximate surface area is 195 Å². The number of hydrogen-bond donors (Lipinski definition) is 2. The van der Waals surface area contributed by atoms with Gasteiger partial charge < -0.3 is 10.6 Å². The zero-order valence-corrected chi connectivity index (χ0v) is 18.7. The predicted molar refractivity (Wildman–Crippen MR) is 130 cm³/mol. The summed E-state index contributed by atoms with van der Waals surface area (Å²) in [6.45, 7) is 1.87. The van der Waals surface area contributed by atoms with Crippen LogP contribution < -0.4 is 16.2 Å². The molecule has 1 aliphatic rings. The number of pyridine rings is 1. The van der Waals surface area contributed by atoms with Crippen LogP contribution in [0.2, 0.25) is 10.0 Å². The van der Waals surface area contributed by atoms with E-state index in [1.165, 1.54) is 10.6 Å². The minimum absolute atomic E-state index is 0.220. The number of halogens is 2. The molecule has 0 spiro atoms. The number of para-hydroxylation sites is 1. The van der Waals surface area contributed by atoms with Crippen molar-refractivity contribution >= 4 is 40.2 Å². The maximum atomic E-state index is 13.0. The average molecular weight is 466 g/mol. The molecule has 2 aromatic heterocycles. The number of benzene rings is 2. The van der Waals surface area contributed by atoms with Crippen LogP contribution >= 0.6 is 23.2 Å². The molecule has 1 saturated heterocycles. The highest BCUT2D eigenvalue weighted by Gasteiger charge is 2.20. The second kappa shape index (κ2) is 8.90. The molecule has 0 unspecified atom stereocenters. The Kier molecular flexibility index (Phi) is 5.83. The smallest absolute Gasteiger partial charge is 0.256 e. The minimum atomic E-state index is -0.220. The monoisotopic (exact) mass is 465 g/mol. The molecular weight excluding hydrogens is 445 g/mol. The molecule has 3 heterocycles. The summed E-state index contributed by atoms with van der Waals surface area (Å²) in [6.07, 6.45) is 1.93. The topological polar surface area (TPSA) is 71.8 Å². The fraction of sp³-hybridized carbons (Fsp3) is 0.208. The maximum Gasteiger partial charge on any atom is 0.256 e. The first-order valence-corrected chi connectivity index (χ1v) is 11.3. The van der Waals surface area contributed by atoms with Crippen molar-refractivity contribution in [2.24, 2.45) is 0 Å². The normalized spacial score (nSPS) is 14.6. The van der Waals surface area contributed by atoms with Crippen LogP contribution in [0.25, 0.3) is 28.0 Å². The van der Waals surface area contributed by atoms with Gasteiger partial charge in [0.25, 0.3) is 5.56 Å². The number of hydrogen-bond acceptors (Lipinski definition) is 5. The van der Waals surface area contributed by atoms with Crippen molar-refractivity contribution in [2.45, 2.75) is 18.9 Å². The number of aromatic nitrogens is 3. The van der Waals surface area contributed by atoms with Gasteiger partial charge in [0.2, 0.25) is 5.95 Å². The van der Waals surface area contributed by atoms with E-state index < -0.39 is 0 Å². The van der Waals surface area contributed by atoms with Crippen LogP contribution in [0, 0.1) is 0 Å². The average Bonchev–Trinajstić information content (AvgIpc) is 2.80. The van der Waals surface area contributed by atoms with Gasteiger partial charge in [-0.1, -0.05) is 53.5 Å². The lowest BCUT2D eigenvalue weighted by atomic mass is 10.1. The Morgan fingerprint density at radius 2 is 1.62 bits per heavy atom. The highest BCUT2D eigenvalue weighted by Crippen LogP contribution is 2.33. The lowest BCUT2D eigenvalue weighted by Gasteiger charge is -2.24. The van der Waals surface area contributed by atoms with Gasteiger partial charge >= 0.3 is 0 Å². The number of rotatable bonds is 4. The molecule has 2 N–H and O–H groups in total. The lowest BCUT2D eigenvalue weighted by Crippen LogP contribution is -2.35. The lowest BCUT2D eigenvalue weighted by molar-refractivity contribution is 0.477. The van der Waals surface area contributed by atoms with Crippen molar-refractivity contribution in [1.82, 2.24) is 19.9 Å². The van der Waals surface area contributed by atoms with Crippen LogP contribution in [-0.4, -0.2) is 33.7 Å². The molecular formula is C24H21Cl2N5O. The molecule has 8 heteroatoms. The van der Waals surface area contributed by atoms with Crippen molar-refractivity contribution in [1.29, 1.82) is 0 Å². The fourth-order valence-electron chi connectivity index (χ4n) is 4.05. The summed E-state index contributed by atoms with van der Waals surface area (Å²) < 4.78 is 1.54. The molecule has 32 heavy (non-hydrogen) atoms. The van der Waals surface area contributed by atoms with Crippen LogP contribution in [0.15, 0.2) is 65.5 Å². The van der Waals surface area contributed by atoms with Crippen LogP contribution in [0.4, 0.5) is 5.95 Å². The van der Waals surface area contributed by atoms with E-state index in [1.807, 2.05) is 36.4 Å². The third-order valence-corrected chi connectivity index (χ3v) is 6.29. The zero-order chi connectivity index (χ0) is 22.1. The van der Waals surface area contributed by atoms with Crippen molar-refractivity contribution < 1.29 is 0 Å². The molecule has 0 atom stereocenters. The number of nitrogens with zero attached hydrogens (tertiary/aromatic N) is 3. The van der Waals surface area contributed by atoms with E-state index in [0.29, 0.717) is 38.4 Å². The molecule has 5 rings (SSSR count).